The Labute approximate surface area is 110 Å². The molecule has 2 N–H and O–H groups in total. The number of carbonyl (C=O) groups excluding carboxylic acids is 1. The third-order valence-electron chi connectivity index (χ3n) is 3.27. The molecular weight excluding hydrogens is 240 g/mol. The second kappa shape index (κ2) is 7.19. The van der Waals surface area contributed by atoms with Gasteiger partial charge < -0.3 is 15.4 Å². The third-order valence-corrected chi connectivity index (χ3v) is 3.27. The number of ether oxygens (including phenoxy) is 1. The maximum atomic E-state index is 12.1. The summed E-state index contributed by atoms with van der Waals surface area (Å²) in [5.41, 5.74) is 5.96. The Balaban J connectivity index is 0.00000256. The van der Waals surface area contributed by atoms with Crippen LogP contribution in [0.2, 0.25) is 0 Å². The standard InChI is InChI=1S/C12H24N2O2.ClH/c1-5-8(2)11(13)12(15)14-6-9(3)16-10(4)7-14;/h8-11H,5-7,13H2,1-4H3;1H. The molecule has 4 unspecified atom stereocenters. The number of nitrogens with two attached hydrogens (primary N) is 1. The van der Waals surface area contributed by atoms with E-state index >= 15 is 0 Å². The molecule has 0 aromatic carbocycles. The Hall–Kier alpha value is -0.320. The molecule has 17 heavy (non-hydrogen) atoms. The van der Waals surface area contributed by atoms with Gasteiger partial charge in [0, 0.05) is 13.1 Å². The summed E-state index contributed by atoms with van der Waals surface area (Å²) in [5, 5.41) is 0. The van der Waals surface area contributed by atoms with E-state index in [0.717, 1.165) is 6.42 Å². The molecule has 0 aromatic rings. The molecule has 1 heterocycles. The van der Waals surface area contributed by atoms with E-state index in [9.17, 15) is 4.79 Å². The van der Waals surface area contributed by atoms with Gasteiger partial charge in [-0.05, 0) is 19.8 Å². The van der Waals surface area contributed by atoms with Gasteiger partial charge in [-0.1, -0.05) is 20.3 Å². The van der Waals surface area contributed by atoms with Crippen LogP contribution in [0.25, 0.3) is 0 Å². The Morgan fingerprint density at radius 1 is 1.41 bits per heavy atom. The average molecular weight is 265 g/mol. The molecule has 0 spiro atoms. The van der Waals surface area contributed by atoms with Crippen molar-refractivity contribution in [3.63, 3.8) is 0 Å². The van der Waals surface area contributed by atoms with Crippen LogP contribution in [0.15, 0.2) is 0 Å². The maximum absolute atomic E-state index is 12.1. The summed E-state index contributed by atoms with van der Waals surface area (Å²) in [6.45, 7) is 9.38. The van der Waals surface area contributed by atoms with Crippen LogP contribution >= 0.6 is 12.4 Å². The molecule has 0 aliphatic carbocycles. The SMILES string of the molecule is CCC(C)C(N)C(=O)N1CC(C)OC(C)C1.Cl. The summed E-state index contributed by atoms with van der Waals surface area (Å²) in [6, 6.07) is -0.373. The van der Waals surface area contributed by atoms with Crippen molar-refractivity contribution in [1.82, 2.24) is 4.90 Å². The number of hydrogen-bond donors (Lipinski definition) is 1. The zero-order valence-corrected chi connectivity index (χ0v) is 12.0. The smallest absolute Gasteiger partial charge is 0.239 e. The van der Waals surface area contributed by atoms with Gasteiger partial charge in [0.15, 0.2) is 0 Å². The van der Waals surface area contributed by atoms with Crippen LogP contribution in [-0.2, 0) is 9.53 Å². The molecule has 1 aliphatic rings. The van der Waals surface area contributed by atoms with Crippen molar-refractivity contribution in [2.45, 2.75) is 52.4 Å². The number of hydrogen-bond acceptors (Lipinski definition) is 3. The lowest BCUT2D eigenvalue weighted by Gasteiger charge is -2.37. The molecule has 0 radical (unpaired) electrons. The first kappa shape index (κ1) is 16.7. The zero-order valence-electron chi connectivity index (χ0n) is 11.2. The molecule has 1 rings (SSSR count). The number of carbonyl (C=O) groups is 1. The summed E-state index contributed by atoms with van der Waals surface area (Å²) in [5.74, 6) is 0.303. The molecule has 0 aromatic heterocycles. The summed E-state index contributed by atoms with van der Waals surface area (Å²) >= 11 is 0. The van der Waals surface area contributed by atoms with Crippen molar-refractivity contribution in [3.05, 3.63) is 0 Å². The van der Waals surface area contributed by atoms with Crippen LogP contribution in [0.5, 0.6) is 0 Å². The van der Waals surface area contributed by atoms with Crippen LogP contribution in [0.1, 0.15) is 34.1 Å². The molecule has 1 fully saturated rings. The molecular formula is C12H25ClN2O2. The van der Waals surface area contributed by atoms with E-state index in [1.54, 1.807) is 0 Å². The van der Waals surface area contributed by atoms with Gasteiger partial charge in [-0.25, -0.2) is 0 Å². The first-order valence-corrected chi connectivity index (χ1v) is 6.15. The van der Waals surface area contributed by atoms with Crippen LogP contribution in [0.4, 0.5) is 0 Å². The van der Waals surface area contributed by atoms with Gasteiger partial charge >= 0.3 is 0 Å². The summed E-state index contributed by atoms with van der Waals surface area (Å²) < 4.78 is 5.60. The molecule has 1 saturated heterocycles. The Kier molecular flexibility index (Phi) is 7.05. The van der Waals surface area contributed by atoms with Crippen LogP contribution in [-0.4, -0.2) is 42.1 Å². The Morgan fingerprint density at radius 3 is 2.29 bits per heavy atom. The zero-order chi connectivity index (χ0) is 12.3. The molecule has 1 aliphatic heterocycles. The van der Waals surface area contributed by atoms with Crippen molar-refractivity contribution in [2.24, 2.45) is 11.7 Å². The number of morpholine rings is 1. The largest absolute Gasteiger partial charge is 0.372 e. The number of amides is 1. The molecule has 1 amide bonds. The predicted octanol–water partition coefficient (Wildman–Crippen LogP) is 1.42. The molecule has 5 heteroatoms. The average Bonchev–Trinajstić information content (AvgIpc) is 2.24. The fraction of sp³-hybridized carbons (Fsp3) is 0.917. The van der Waals surface area contributed by atoms with Gasteiger partial charge in [0.25, 0.3) is 0 Å². The van der Waals surface area contributed by atoms with Crippen LogP contribution < -0.4 is 5.73 Å². The summed E-state index contributed by atoms with van der Waals surface area (Å²) in [7, 11) is 0. The first-order chi connectivity index (χ1) is 7.45. The lowest BCUT2D eigenvalue weighted by molar-refractivity contribution is -0.145. The highest BCUT2D eigenvalue weighted by molar-refractivity contribution is 5.85. The van der Waals surface area contributed by atoms with E-state index < -0.39 is 0 Å². The Morgan fingerprint density at radius 2 is 1.88 bits per heavy atom. The lowest BCUT2D eigenvalue weighted by atomic mass is 9.98. The highest BCUT2D eigenvalue weighted by atomic mass is 35.5. The number of nitrogens with zero attached hydrogens (tertiary/aromatic N) is 1. The van der Waals surface area contributed by atoms with E-state index in [1.807, 2.05) is 25.7 Å². The summed E-state index contributed by atoms with van der Waals surface area (Å²) in [4.78, 5) is 14.0. The van der Waals surface area contributed by atoms with Crippen molar-refractivity contribution < 1.29 is 9.53 Å². The first-order valence-electron chi connectivity index (χ1n) is 6.15. The molecule has 4 atom stereocenters. The number of halogens is 1. The Bertz CT molecular complexity index is 241. The summed E-state index contributed by atoms with van der Waals surface area (Å²) in [6.07, 6.45) is 1.15. The van der Waals surface area contributed by atoms with Gasteiger partial charge in [0.2, 0.25) is 5.91 Å². The lowest BCUT2D eigenvalue weighted by Crippen LogP contribution is -2.54. The van der Waals surface area contributed by atoms with E-state index in [4.69, 9.17) is 10.5 Å². The van der Waals surface area contributed by atoms with Gasteiger partial charge in [-0.2, -0.15) is 0 Å². The quantitative estimate of drug-likeness (QED) is 0.839. The normalized spacial score (nSPS) is 28.2. The minimum atomic E-state index is -0.373. The third kappa shape index (κ3) is 4.45. The van der Waals surface area contributed by atoms with Crippen molar-refractivity contribution in [3.8, 4) is 0 Å². The molecule has 102 valence electrons. The van der Waals surface area contributed by atoms with Gasteiger partial charge in [-0.15, -0.1) is 12.4 Å². The second-order valence-electron chi connectivity index (χ2n) is 4.91. The second-order valence-corrected chi connectivity index (χ2v) is 4.91. The molecule has 0 saturated carbocycles. The monoisotopic (exact) mass is 264 g/mol. The maximum Gasteiger partial charge on any atom is 0.239 e. The number of rotatable bonds is 3. The predicted molar refractivity (Wildman–Crippen MR) is 71.3 cm³/mol. The van der Waals surface area contributed by atoms with Gasteiger partial charge in [-0.3, -0.25) is 4.79 Å². The minimum absolute atomic E-state index is 0. The highest BCUT2D eigenvalue weighted by Crippen LogP contribution is 2.14. The molecule has 4 nitrogen and oxygen atoms in total. The van der Waals surface area contributed by atoms with E-state index in [-0.39, 0.29) is 42.5 Å². The van der Waals surface area contributed by atoms with E-state index in [2.05, 4.69) is 6.92 Å². The van der Waals surface area contributed by atoms with Crippen molar-refractivity contribution >= 4 is 18.3 Å². The van der Waals surface area contributed by atoms with E-state index in [0.29, 0.717) is 13.1 Å². The molecule has 0 bridgehead atoms. The minimum Gasteiger partial charge on any atom is -0.372 e. The van der Waals surface area contributed by atoms with Gasteiger partial charge in [0.05, 0.1) is 18.2 Å². The van der Waals surface area contributed by atoms with Crippen molar-refractivity contribution in [1.29, 1.82) is 0 Å². The fourth-order valence-electron chi connectivity index (χ4n) is 2.07. The van der Waals surface area contributed by atoms with Crippen molar-refractivity contribution in [2.75, 3.05) is 13.1 Å². The van der Waals surface area contributed by atoms with E-state index in [1.165, 1.54) is 0 Å². The fourth-order valence-corrected chi connectivity index (χ4v) is 2.07. The van der Waals surface area contributed by atoms with Crippen LogP contribution in [0.3, 0.4) is 0 Å². The van der Waals surface area contributed by atoms with Gasteiger partial charge in [0.1, 0.15) is 0 Å². The van der Waals surface area contributed by atoms with Crippen LogP contribution in [0, 0.1) is 5.92 Å². The topological polar surface area (TPSA) is 55.6 Å². The highest BCUT2D eigenvalue weighted by Gasteiger charge is 2.30.